The molecule has 3 aliphatic heterocycles. The molecule has 3 fully saturated rings. The Balaban J connectivity index is 1.62. The number of nitrogens with zero attached hydrogens (tertiary/aromatic N) is 4. The van der Waals surface area contributed by atoms with E-state index in [2.05, 4.69) is 15.3 Å². The van der Waals surface area contributed by atoms with E-state index in [4.69, 9.17) is 18.9 Å². The molecule has 0 spiro atoms. The predicted molar refractivity (Wildman–Crippen MR) is 101 cm³/mol. The normalized spacial score (nSPS) is 21.8. The fourth-order valence-corrected chi connectivity index (χ4v) is 3.74. The molecule has 2 bridgehead atoms. The van der Waals surface area contributed by atoms with Crippen molar-refractivity contribution in [3.8, 4) is 5.69 Å². The van der Waals surface area contributed by atoms with E-state index in [0.717, 1.165) is 13.1 Å². The Morgan fingerprint density at radius 3 is 3.14 bits per heavy atom. The Kier molecular flexibility index (Phi) is 4.25. The van der Waals surface area contributed by atoms with Crippen LogP contribution in [0.3, 0.4) is 0 Å². The Hall–Kier alpha value is -2.91. The van der Waals surface area contributed by atoms with E-state index < -0.39 is 5.97 Å². The second-order valence-electron chi connectivity index (χ2n) is 6.93. The van der Waals surface area contributed by atoms with Crippen molar-refractivity contribution in [3.63, 3.8) is 0 Å². The molecule has 2 atom stereocenters. The first kappa shape index (κ1) is 17.2. The van der Waals surface area contributed by atoms with Crippen LogP contribution in [0, 0.1) is 0 Å². The minimum atomic E-state index is -0.395. The summed E-state index contributed by atoms with van der Waals surface area (Å²) >= 11 is 0. The number of esters is 1. The van der Waals surface area contributed by atoms with Crippen LogP contribution in [0.2, 0.25) is 0 Å². The van der Waals surface area contributed by atoms with Crippen LogP contribution in [0.4, 0.5) is 6.01 Å². The molecule has 0 aliphatic carbocycles. The number of oxazole rings is 1. The Morgan fingerprint density at radius 1 is 1.39 bits per heavy atom. The number of nitrogens with one attached hydrogen (secondary N) is 1. The number of fused-ring (bicyclic) bond motifs is 5. The zero-order valence-corrected chi connectivity index (χ0v) is 15.5. The molecule has 1 N–H and O–H groups in total. The zero-order valence-electron chi connectivity index (χ0n) is 15.5. The number of hydrogen-bond acceptors (Lipinski definition) is 8. The molecule has 1 aromatic carbocycles. The van der Waals surface area contributed by atoms with Crippen molar-refractivity contribution in [2.24, 2.45) is 0 Å². The SMILES string of the molecule is CCOC(=O)c1cc(-n2cccn2)c2oc(N3CC4CNCC3CO4)nc2c1. The van der Waals surface area contributed by atoms with Crippen molar-refractivity contribution < 1.29 is 18.7 Å². The van der Waals surface area contributed by atoms with Crippen molar-refractivity contribution >= 4 is 23.1 Å². The monoisotopic (exact) mass is 383 g/mol. The molecule has 5 heterocycles. The number of morpholine rings is 1. The standard InChI is InChI=1S/C19H21N5O4/c1-2-26-18(25)12-6-15-17(16(7-12)24-5-3-4-21-24)28-19(22-15)23-10-14-9-20-8-13(23)11-27-14/h3-7,13-14,20H,2,8-11H2,1H3. The molecule has 0 saturated carbocycles. The van der Waals surface area contributed by atoms with Crippen molar-refractivity contribution in [1.29, 1.82) is 0 Å². The highest BCUT2D eigenvalue weighted by molar-refractivity contribution is 5.96. The van der Waals surface area contributed by atoms with Gasteiger partial charge < -0.3 is 24.1 Å². The van der Waals surface area contributed by atoms with Crippen LogP contribution < -0.4 is 10.2 Å². The maximum Gasteiger partial charge on any atom is 0.338 e. The van der Waals surface area contributed by atoms with Crippen molar-refractivity contribution in [1.82, 2.24) is 20.1 Å². The van der Waals surface area contributed by atoms with Gasteiger partial charge in [-0.15, -0.1) is 0 Å². The molecule has 2 unspecified atom stereocenters. The third kappa shape index (κ3) is 2.92. The van der Waals surface area contributed by atoms with Crippen LogP contribution in [-0.4, -0.2) is 65.7 Å². The fourth-order valence-electron chi connectivity index (χ4n) is 3.74. The molecule has 3 aliphatic rings. The third-order valence-electron chi connectivity index (χ3n) is 5.08. The molecule has 6 rings (SSSR count). The van der Waals surface area contributed by atoms with Crippen LogP contribution in [0.5, 0.6) is 0 Å². The van der Waals surface area contributed by atoms with Gasteiger partial charge in [-0.25, -0.2) is 9.48 Å². The number of ether oxygens (including phenoxy) is 2. The fraction of sp³-hybridized carbons (Fsp3) is 0.421. The molecule has 9 nitrogen and oxygen atoms in total. The summed E-state index contributed by atoms with van der Waals surface area (Å²) in [4.78, 5) is 19.2. The summed E-state index contributed by atoms with van der Waals surface area (Å²) in [6.07, 6.45) is 3.59. The van der Waals surface area contributed by atoms with Gasteiger partial charge in [0.1, 0.15) is 11.2 Å². The second kappa shape index (κ2) is 6.92. The minimum absolute atomic E-state index is 0.106. The molecule has 146 valence electrons. The number of aromatic nitrogens is 3. The van der Waals surface area contributed by atoms with Gasteiger partial charge in [-0.3, -0.25) is 0 Å². The van der Waals surface area contributed by atoms with Crippen LogP contribution in [-0.2, 0) is 9.47 Å². The summed E-state index contributed by atoms with van der Waals surface area (Å²) in [5.41, 5.74) is 2.25. The summed E-state index contributed by atoms with van der Waals surface area (Å²) < 4.78 is 18.9. The number of anilines is 1. The smallest absolute Gasteiger partial charge is 0.338 e. The Labute approximate surface area is 161 Å². The van der Waals surface area contributed by atoms with E-state index in [0.29, 0.717) is 48.1 Å². The highest BCUT2D eigenvalue weighted by atomic mass is 16.5. The van der Waals surface area contributed by atoms with Crippen LogP contribution in [0.1, 0.15) is 17.3 Å². The van der Waals surface area contributed by atoms with E-state index in [1.165, 1.54) is 0 Å². The minimum Gasteiger partial charge on any atom is -0.462 e. The molecule has 2 aromatic heterocycles. The number of carbonyl (C=O) groups excluding carboxylic acids is 1. The molecular formula is C19H21N5O4. The van der Waals surface area contributed by atoms with Gasteiger partial charge in [0.25, 0.3) is 6.01 Å². The van der Waals surface area contributed by atoms with Gasteiger partial charge in [-0.1, -0.05) is 0 Å². The van der Waals surface area contributed by atoms with E-state index in [9.17, 15) is 4.79 Å². The largest absolute Gasteiger partial charge is 0.462 e. The first-order chi connectivity index (χ1) is 13.7. The van der Waals surface area contributed by atoms with Crippen LogP contribution >= 0.6 is 0 Å². The highest BCUT2D eigenvalue weighted by Gasteiger charge is 2.35. The first-order valence-corrected chi connectivity index (χ1v) is 9.43. The van der Waals surface area contributed by atoms with Crippen LogP contribution in [0.25, 0.3) is 16.8 Å². The lowest BCUT2D eigenvalue weighted by Gasteiger charge is -2.34. The molecule has 0 radical (unpaired) electrons. The van der Waals surface area contributed by atoms with Gasteiger partial charge in [-0.2, -0.15) is 10.1 Å². The molecule has 9 heteroatoms. The number of hydrogen-bond donors (Lipinski definition) is 1. The average molecular weight is 383 g/mol. The zero-order chi connectivity index (χ0) is 19.1. The average Bonchev–Trinajstić information content (AvgIpc) is 3.28. The van der Waals surface area contributed by atoms with E-state index in [1.807, 2.05) is 6.07 Å². The number of carbonyl (C=O) groups is 1. The summed E-state index contributed by atoms with van der Waals surface area (Å²) in [7, 11) is 0. The van der Waals surface area contributed by atoms with E-state index in [1.54, 1.807) is 36.1 Å². The molecular weight excluding hydrogens is 362 g/mol. The summed E-state index contributed by atoms with van der Waals surface area (Å²) in [6, 6.07) is 5.94. The quantitative estimate of drug-likeness (QED) is 0.675. The lowest BCUT2D eigenvalue weighted by atomic mass is 10.1. The predicted octanol–water partition coefficient (Wildman–Crippen LogP) is 1.37. The molecule has 28 heavy (non-hydrogen) atoms. The summed E-state index contributed by atoms with van der Waals surface area (Å²) in [6.45, 7) is 5.07. The lowest BCUT2D eigenvalue weighted by Crippen LogP contribution is -2.49. The number of rotatable bonds is 4. The Morgan fingerprint density at radius 2 is 2.32 bits per heavy atom. The molecule has 3 aromatic rings. The van der Waals surface area contributed by atoms with E-state index in [-0.39, 0.29) is 12.1 Å². The molecule has 0 amide bonds. The summed E-state index contributed by atoms with van der Waals surface area (Å²) in [5.74, 6) is -0.395. The maximum absolute atomic E-state index is 12.3. The van der Waals surface area contributed by atoms with Gasteiger partial charge in [0, 0.05) is 25.5 Å². The van der Waals surface area contributed by atoms with Crippen molar-refractivity contribution in [2.75, 3.05) is 37.7 Å². The Bertz CT molecular complexity index is 995. The van der Waals surface area contributed by atoms with Crippen LogP contribution in [0.15, 0.2) is 35.0 Å². The van der Waals surface area contributed by atoms with Gasteiger partial charge >= 0.3 is 5.97 Å². The van der Waals surface area contributed by atoms with Gasteiger partial charge in [0.15, 0.2) is 5.58 Å². The lowest BCUT2D eigenvalue weighted by molar-refractivity contribution is 0.0373. The van der Waals surface area contributed by atoms with E-state index >= 15 is 0 Å². The van der Waals surface area contributed by atoms with Gasteiger partial charge in [0.05, 0.1) is 37.5 Å². The molecule has 3 saturated heterocycles. The third-order valence-corrected chi connectivity index (χ3v) is 5.08. The first-order valence-electron chi connectivity index (χ1n) is 9.43. The van der Waals surface area contributed by atoms with Crippen molar-refractivity contribution in [3.05, 3.63) is 36.2 Å². The number of benzene rings is 1. The second-order valence-corrected chi connectivity index (χ2v) is 6.93. The topological polar surface area (TPSA) is 94.7 Å². The highest BCUT2D eigenvalue weighted by Crippen LogP contribution is 2.31. The van der Waals surface area contributed by atoms with Gasteiger partial charge in [0.2, 0.25) is 0 Å². The van der Waals surface area contributed by atoms with Crippen molar-refractivity contribution in [2.45, 2.75) is 19.1 Å². The summed E-state index contributed by atoms with van der Waals surface area (Å²) in [5, 5.41) is 7.69. The van der Waals surface area contributed by atoms with Gasteiger partial charge in [-0.05, 0) is 25.1 Å². The maximum atomic E-state index is 12.3.